The van der Waals surface area contributed by atoms with Gasteiger partial charge in [0.1, 0.15) is 24.1 Å². The minimum atomic E-state index is -1.17. The monoisotopic (exact) mass is 513 g/mol. The van der Waals surface area contributed by atoms with Crippen LogP contribution in [-0.4, -0.2) is 62.9 Å². The van der Waals surface area contributed by atoms with E-state index in [4.69, 9.17) is 9.47 Å². The van der Waals surface area contributed by atoms with Crippen LogP contribution in [-0.2, 0) is 41.7 Å². The third-order valence-corrected chi connectivity index (χ3v) is 7.14. The smallest absolute Gasteiger partial charge is 0.333 e. The number of fused-ring (bicyclic) bond motifs is 1. The Morgan fingerprint density at radius 2 is 1.81 bits per heavy atom. The van der Waals surface area contributed by atoms with Gasteiger partial charge in [-0.25, -0.2) is 4.79 Å². The van der Waals surface area contributed by atoms with E-state index in [-0.39, 0.29) is 30.4 Å². The van der Waals surface area contributed by atoms with E-state index in [2.05, 4.69) is 5.32 Å². The second kappa shape index (κ2) is 10.8. The van der Waals surface area contributed by atoms with E-state index in [0.717, 1.165) is 5.56 Å². The number of esters is 2. The van der Waals surface area contributed by atoms with E-state index in [1.54, 1.807) is 0 Å². The summed E-state index contributed by atoms with van der Waals surface area (Å²) in [6.45, 7) is 1.03. The molecule has 36 heavy (non-hydrogen) atoms. The van der Waals surface area contributed by atoms with Crippen LogP contribution in [0.2, 0.25) is 0 Å². The summed E-state index contributed by atoms with van der Waals surface area (Å²) in [6.07, 6.45) is -0.809. The van der Waals surface area contributed by atoms with Gasteiger partial charge in [0.25, 0.3) is 5.69 Å². The molecule has 2 aromatic rings. The van der Waals surface area contributed by atoms with Gasteiger partial charge in [-0.15, -0.1) is 11.8 Å². The number of benzene rings is 2. The van der Waals surface area contributed by atoms with Crippen molar-refractivity contribution in [3.63, 3.8) is 0 Å². The predicted molar refractivity (Wildman–Crippen MR) is 127 cm³/mol. The van der Waals surface area contributed by atoms with Crippen molar-refractivity contribution in [1.29, 1.82) is 0 Å². The Morgan fingerprint density at radius 1 is 1.11 bits per heavy atom. The Labute approximate surface area is 210 Å². The quantitative estimate of drug-likeness (QED) is 0.241. The van der Waals surface area contributed by atoms with Crippen LogP contribution in [0.4, 0.5) is 5.69 Å². The molecule has 188 valence electrons. The van der Waals surface area contributed by atoms with Crippen molar-refractivity contribution in [2.24, 2.45) is 0 Å². The van der Waals surface area contributed by atoms with Gasteiger partial charge in [0.15, 0.2) is 6.04 Å². The number of carbonyl (C=O) groups excluding carboxylic acids is 4. The zero-order chi connectivity index (χ0) is 25.8. The number of nitrogens with one attached hydrogen (secondary N) is 1. The molecule has 0 radical (unpaired) electrons. The standard InChI is InChI=1S/C24H23N3O8S/c1-14(28)35-18-13-36-23-20(25-19(29)11-15-5-3-2-4-6-15)22(30)26(23)21(18)24(31)34-12-16-7-9-17(10-8-16)27(32)33/h2-10,18,20-21,23H,11-13H2,1H3,(H,25,29)/t18?,20-,21?,23-/m1/s1. The van der Waals surface area contributed by atoms with Gasteiger partial charge in [-0.2, -0.15) is 0 Å². The molecule has 0 aromatic heterocycles. The molecule has 0 bridgehead atoms. The van der Waals surface area contributed by atoms with Crippen LogP contribution in [0, 0.1) is 10.1 Å². The van der Waals surface area contributed by atoms with Crippen molar-refractivity contribution in [1.82, 2.24) is 10.2 Å². The normalized spacial score (nSPS) is 22.6. The van der Waals surface area contributed by atoms with Gasteiger partial charge >= 0.3 is 11.9 Å². The van der Waals surface area contributed by atoms with E-state index < -0.39 is 46.3 Å². The maximum Gasteiger partial charge on any atom is 0.333 e. The minimum absolute atomic E-state index is 0.0984. The molecule has 2 aliphatic heterocycles. The van der Waals surface area contributed by atoms with Gasteiger partial charge in [-0.3, -0.25) is 24.5 Å². The number of non-ortho nitro benzene ring substituents is 1. The highest BCUT2D eigenvalue weighted by Gasteiger charge is 2.59. The lowest BCUT2D eigenvalue weighted by atomic mass is 9.99. The predicted octanol–water partition coefficient (Wildman–Crippen LogP) is 1.58. The van der Waals surface area contributed by atoms with E-state index in [0.29, 0.717) is 5.56 Å². The van der Waals surface area contributed by atoms with E-state index in [9.17, 15) is 29.3 Å². The van der Waals surface area contributed by atoms with E-state index in [1.807, 2.05) is 30.3 Å². The number of nitro groups is 1. The maximum absolute atomic E-state index is 13.0. The van der Waals surface area contributed by atoms with Crippen LogP contribution < -0.4 is 5.32 Å². The van der Waals surface area contributed by atoms with Crippen molar-refractivity contribution < 1.29 is 33.6 Å². The van der Waals surface area contributed by atoms with E-state index >= 15 is 0 Å². The second-order valence-corrected chi connectivity index (χ2v) is 9.45. The average Bonchev–Trinajstić information content (AvgIpc) is 2.86. The van der Waals surface area contributed by atoms with E-state index in [1.165, 1.54) is 47.9 Å². The number of nitro benzene ring substituents is 1. The third-order valence-electron chi connectivity index (χ3n) is 5.77. The second-order valence-electron chi connectivity index (χ2n) is 8.30. The molecule has 2 aromatic carbocycles. The molecule has 2 unspecified atom stereocenters. The van der Waals surface area contributed by atoms with Crippen molar-refractivity contribution in [2.75, 3.05) is 5.75 Å². The van der Waals surface area contributed by atoms with Gasteiger partial charge in [-0.1, -0.05) is 30.3 Å². The van der Waals surface area contributed by atoms with Crippen LogP contribution in [0.15, 0.2) is 54.6 Å². The Balaban J connectivity index is 1.42. The number of nitrogens with zero attached hydrogens (tertiary/aromatic N) is 2. The number of amides is 2. The number of β-lactam (4-membered cyclic amide) rings is 1. The fraction of sp³-hybridized carbons (Fsp3) is 0.333. The molecular formula is C24H23N3O8S. The largest absolute Gasteiger partial charge is 0.459 e. The molecule has 1 N–H and O–H groups in total. The highest BCUT2D eigenvalue weighted by Crippen LogP contribution is 2.39. The molecule has 0 saturated carbocycles. The molecule has 4 rings (SSSR count). The summed E-state index contributed by atoms with van der Waals surface area (Å²) >= 11 is 1.30. The number of hydrogen-bond acceptors (Lipinski definition) is 9. The number of rotatable bonds is 8. The molecule has 11 nitrogen and oxygen atoms in total. The molecule has 2 saturated heterocycles. The Kier molecular flexibility index (Phi) is 7.53. The summed E-state index contributed by atoms with van der Waals surface area (Å²) < 4.78 is 10.7. The topological polar surface area (TPSA) is 145 Å². The summed E-state index contributed by atoms with van der Waals surface area (Å²) in [6, 6.07) is 12.6. The van der Waals surface area contributed by atoms with Crippen molar-refractivity contribution in [3.05, 3.63) is 75.8 Å². The lowest BCUT2D eigenvalue weighted by molar-refractivity contribution is -0.384. The number of hydrogen-bond donors (Lipinski definition) is 1. The SMILES string of the molecule is CC(=O)OC1CS[C@@H]2[C@H](NC(=O)Cc3ccccc3)C(=O)N2C1C(=O)OCc1ccc([N+](=O)[O-])cc1. The van der Waals surface area contributed by atoms with Crippen molar-refractivity contribution >= 4 is 41.2 Å². The van der Waals surface area contributed by atoms with Gasteiger partial charge in [0.2, 0.25) is 11.8 Å². The summed E-state index contributed by atoms with van der Waals surface area (Å²) in [5, 5.41) is 13.0. The third kappa shape index (κ3) is 5.48. The van der Waals surface area contributed by atoms with Gasteiger partial charge in [0, 0.05) is 24.8 Å². The summed E-state index contributed by atoms with van der Waals surface area (Å²) in [5.41, 5.74) is 1.22. The Morgan fingerprint density at radius 3 is 2.44 bits per heavy atom. The molecule has 2 heterocycles. The summed E-state index contributed by atoms with van der Waals surface area (Å²) in [5.74, 6) is -1.93. The molecule has 4 atom stereocenters. The highest BCUT2D eigenvalue weighted by atomic mass is 32.2. The van der Waals surface area contributed by atoms with Crippen LogP contribution in [0.5, 0.6) is 0 Å². The summed E-state index contributed by atoms with van der Waals surface area (Å²) in [4.78, 5) is 61.7. The van der Waals surface area contributed by atoms with Crippen molar-refractivity contribution in [3.8, 4) is 0 Å². The van der Waals surface area contributed by atoms with Crippen LogP contribution >= 0.6 is 11.8 Å². The first-order valence-corrected chi connectivity index (χ1v) is 12.1. The Bertz CT molecular complexity index is 1170. The molecular weight excluding hydrogens is 490 g/mol. The zero-order valence-corrected chi connectivity index (χ0v) is 20.0. The molecule has 0 spiro atoms. The lowest BCUT2D eigenvalue weighted by Gasteiger charge is -2.53. The minimum Gasteiger partial charge on any atom is -0.459 e. The van der Waals surface area contributed by atoms with Gasteiger partial charge in [0.05, 0.1) is 11.3 Å². The Hall–Kier alpha value is -3.93. The highest BCUT2D eigenvalue weighted by molar-refractivity contribution is 8.00. The van der Waals surface area contributed by atoms with Crippen LogP contribution in [0.3, 0.4) is 0 Å². The number of carbonyl (C=O) groups is 4. The average molecular weight is 514 g/mol. The van der Waals surface area contributed by atoms with Gasteiger partial charge < -0.3 is 19.7 Å². The first-order chi connectivity index (χ1) is 17.2. The molecule has 2 aliphatic rings. The first kappa shape index (κ1) is 25.2. The van der Waals surface area contributed by atoms with Gasteiger partial charge in [-0.05, 0) is 23.3 Å². The molecule has 12 heteroatoms. The van der Waals surface area contributed by atoms with Crippen molar-refractivity contribution in [2.45, 2.75) is 43.5 Å². The zero-order valence-electron chi connectivity index (χ0n) is 19.2. The molecule has 2 amide bonds. The molecule has 0 aliphatic carbocycles. The lowest BCUT2D eigenvalue weighted by Crippen LogP contribution is -2.77. The first-order valence-electron chi connectivity index (χ1n) is 11.1. The van der Waals surface area contributed by atoms with Crippen LogP contribution in [0.25, 0.3) is 0 Å². The molecule has 2 fully saturated rings. The maximum atomic E-state index is 13.0. The fourth-order valence-electron chi connectivity index (χ4n) is 4.09. The fourth-order valence-corrected chi connectivity index (χ4v) is 5.50. The number of ether oxygens (including phenoxy) is 2. The summed E-state index contributed by atoms with van der Waals surface area (Å²) in [7, 11) is 0. The van der Waals surface area contributed by atoms with Crippen LogP contribution in [0.1, 0.15) is 18.1 Å². The number of thioether (sulfide) groups is 1.